The summed E-state index contributed by atoms with van der Waals surface area (Å²) in [4.78, 5) is 12.3. The van der Waals surface area contributed by atoms with Gasteiger partial charge in [-0.05, 0) is 61.5 Å². The molecule has 0 spiro atoms. The van der Waals surface area contributed by atoms with Crippen LogP contribution in [0.4, 0.5) is 0 Å². The first-order valence-electron chi connectivity index (χ1n) is 9.39. The number of aromatic nitrogens is 2. The van der Waals surface area contributed by atoms with Gasteiger partial charge in [-0.1, -0.05) is 12.1 Å². The first kappa shape index (κ1) is 21.5. The number of carbonyl (C=O) groups excluding carboxylic acids is 1. The summed E-state index contributed by atoms with van der Waals surface area (Å²) in [6.07, 6.45) is 2.66. The fourth-order valence-electron chi connectivity index (χ4n) is 2.82. The molecule has 0 atom stereocenters. The average Bonchev–Trinajstić information content (AvgIpc) is 3.25. The topological polar surface area (TPSA) is 102 Å². The number of rotatable bonds is 9. The summed E-state index contributed by atoms with van der Waals surface area (Å²) >= 11 is 0. The van der Waals surface area contributed by atoms with Gasteiger partial charge in [-0.15, -0.1) is 0 Å². The Hall–Kier alpha value is -3.17. The van der Waals surface area contributed by atoms with Crippen molar-refractivity contribution >= 4 is 15.9 Å². The second-order valence-electron chi connectivity index (χ2n) is 6.58. The zero-order chi connectivity index (χ0) is 21.6. The molecule has 0 saturated carbocycles. The van der Waals surface area contributed by atoms with Crippen LogP contribution >= 0.6 is 0 Å². The lowest BCUT2D eigenvalue weighted by Crippen LogP contribution is -2.23. The Kier molecular flexibility index (Phi) is 6.86. The van der Waals surface area contributed by atoms with Crippen molar-refractivity contribution in [3.8, 4) is 11.4 Å². The highest BCUT2D eigenvalue weighted by atomic mass is 32.2. The number of ether oxygens (including phenoxy) is 1. The van der Waals surface area contributed by atoms with Crippen molar-refractivity contribution in [2.75, 3.05) is 14.2 Å². The molecule has 30 heavy (non-hydrogen) atoms. The molecular weight excluding hydrogens is 404 g/mol. The molecule has 0 saturated heterocycles. The molecule has 1 amide bonds. The second kappa shape index (κ2) is 9.55. The van der Waals surface area contributed by atoms with Gasteiger partial charge in [-0.25, -0.2) is 17.8 Å². The van der Waals surface area contributed by atoms with Crippen LogP contribution in [0.2, 0.25) is 0 Å². The van der Waals surface area contributed by atoms with E-state index in [2.05, 4.69) is 15.1 Å². The van der Waals surface area contributed by atoms with Crippen LogP contribution in [0, 0.1) is 0 Å². The largest absolute Gasteiger partial charge is 0.497 e. The summed E-state index contributed by atoms with van der Waals surface area (Å²) < 4.78 is 32.6. The molecule has 0 fully saturated rings. The van der Waals surface area contributed by atoms with Gasteiger partial charge in [0.1, 0.15) is 5.75 Å². The molecule has 3 rings (SSSR count). The normalized spacial score (nSPS) is 11.3. The number of hydrogen-bond donors (Lipinski definition) is 2. The highest BCUT2D eigenvalue weighted by Crippen LogP contribution is 2.15. The van der Waals surface area contributed by atoms with Crippen molar-refractivity contribution in [1.82, 2.24) is 19.8 Å². The maximum absolute atomic E-state index is 12.1. The fraction of sp³-hybridized carbons (Fsp3) is 0.238. The third-order valence-electron chi connectivity index (χ3n) is 4.59. The maximum Gasteiger partial charge on any atom is 0.240 e. The number of sulfonamides is 1. The lowest BCUT2D eigenvalue weighted by Gasteiger charge is -2.06. The molecular formula is C21H24N4O4S. The van der Waals surface area contributed by atoms with Gasteiger partial charge in [-0.2, -0.15) is 5.10 Å². The molecule has 0 aliphatic heterocycles. The Morgan fingerprint density at radius 3 is 2.40 bits per heavy atom. The SMILES string of the molecule is CNS(=O)(=O)c1ccc(CCC(=O)NCc2ccn(-c3ccc(OC)cc3)n2)cc1. The van der Waals surface area contributed by atoms with E-state index in [0.717, 1.165) is 22.7 Å². The standard InChI is InChI=1S/C21H24N4O4S/c1-22-30(27,28)20-10-3-16(4-11-20)5-12-21(26)23-15-17-13-14-25(24-17)18-6-8-19(29-2)9-7-18/h3-4,6-11,13-14,22H,5,12,15H2,1-2H3,(H,23,26). The minimum atomic E-state index is -3.45. The van der Waals surface area contributed by atoms with Crippen LogP contribution in [0.25, 0.3) is 5.69 Å². The van der Waals surface area contributed by atoms with Crippen molar-refractivity contribution < 1.29 is 17.9 Å². The third-order valence-corrected chi connectivity index (χ3v) is 6.02. The van der Waals surface area contributed by atoms with E-state index < -0.39 is 10.0 Å². The van der Waals surface area contributed by atoms with Gasteiger partial charge in [0.25, 0.3) is 0 Å². The van der Waals surface area contributed by atoms with E-state index in [1.165, 1.54) is 19.2 Å². The van der Waals surface area contributed by atoms with Gasteiger partial charge in [0.05, 0.1) is 29.9 Å². The van der Waals surface area contributed by atoms with Crippen LogP contribution in [0.5, 0.6) is 5.75 Å². The van der Waals surface area contributed by atoms with Gasteiger partial charge in [-0.3, -0.25) is 4.79 Å². The van der Waals surface area contributed by atoms with E-state index >= 15 is 0 Å². The van der Waals surface area contributed by atoms with Crippen LogP contribution in [0.3, 0.4) is 0 Å². The van der Waals surface area contributed by atoms with E-state index in [4.69, 9.17) is 4.74 Å². The van der Waals surface area contributed by atoms with E-state index in [1.807, 2.05) is 36.5 Å². The molecule has 8 nitrogen and oxygen atoms in total. The second-order valence-corrected chi connectivity index (χ2v) is 8.46. The molecule has 2 aromatic carbocycles. The van der Waals surface area contributed by atoms with Crippen molar-refractivity contribution in [1.29, 1.82) is 0 Å². The summed E-state index contributed by atoms with van der Waals surface area (Å²) in [7, 11) is -0.465. The third kappa shape index (κ3) is 5.46. The Balaban J connectivity index is 1.48. The van der Waals surface area contributed by atoms with Gasteiger partial charge < -0.3 is 10.1 Å². The summed E-state index contributed by atoms with van der Waals surface area (Å²) in [5.74, 6) is 0.678. The highest BCUT2D eigenvalue weighted by Gasteiger charge is 2.11. The predicted octanol–water partition coefficient (Wildman–Crippen LogP) is 2.04. The van der Waals surface area contributed by atoms with Crippen LogP contribution < -0.4 is 14.8 Å². The van der Waals surface area contributed by atoms with E-state index in [1.54, 1.807) is 23.9 Å². The molecule has 9 heteroatoms. The zero-order valence-corrected chi connectivity index (χ0v) is 17.6. The van der Waals surface area contributed by atoms with Gasteiger partial charge in [0.15, 0.2) is 0 Å². The Labute approximate surface area is 175 Å². The molecule has 0 bridgehead atoms. The van der Waals surface area contributed by atoms with Crippen LogP contribution in [-0.2, 0) is 27.8 Å². The first-order valence-corrected chi connectivity index (χ1v) is 10.9. The quantitative estimate of drug-likeness (QED) is 0.543. The number of nitrogens with one attached hydrogen (secondary N) is 2. The number of benzene rings is 2. The fourth-order valence-corrected chi connectivity index (χ4v) is 3.55. The van der Waals surface area contributed by atoms with Crippen LogP contribution in [0.15, 0.2) is 65.7 Å². The number of carbonyl (C=O) groups is 1. The lowest BCUT2D eigenvalue weighted by atomic mass is 10.1. The molecule has 0 aliphatic carbocycles. The van der Waals surface area contributed by atoms with Gasteiger partial charge >= 0.3 is 0 Å². The molecule has 158 valence electrons. The van der Waals surface area contributed by atoms with Crippen molar-refractivity contribution in [3.05, 3.63) is 72.1 Å². The molecule has 0 aliphatic rings. The molecule has 3 aromatic rings. The van der Waals surface area contributed by atoms with Crippen LogP contribution in [0.1, 0.15) is 17.7 Å². The van der Waals surface area contributed by atoms with Crippen LogP contribution in [-0.4, -0.2) is 38.3 Å². The molecule has 0 unspecified atom stereocenters. The number of amides is 1. The van der Waals surface area contributed by atoms with E-state index in [0.29, 0.717) is 19.4 Å². The number of nitrogens with zero attached hydrogens (tertiary/aromatic N) is 2. The molecule has 2 N–H and O–H groups in total. The molecule has 1 aromatic heterocycles. The maximum atomic E-state index is 12.1. The van der Waals surface area contributed by atoms with Crippen molar-refractivity contribution in [3.63, 3.8) is 0 Å². The van der Waals surface area contributed by atoms with E-state index in [-0.39, 0.29) is 10.8 Å². The molecule has 0 radical (unpaired) electrons. The zero-order valence-electron chi connectivity index (χ0n) is 16.8. The highest BCUT2D eigenvalue weighted by molar-refractivity contribution is 7.89. The molecule has 1 heterocycles. The predicted molar refractivity (Wildman–Crippen MR) is 113 cm³/mol. The van der Waals surface area contributed by atoms with Gasteiger partial charge in [0.2, 0.25) is 15.9 Å². The summed E-state index contributed by atoms with van der Waals surface area (Å²) in [6.45, 7) is 0.335. The minimum Gasteiger partial charge on any atom is -0.497 e. The Bertz CT molecular complexity index is 1090. The average molecular weight is 429 g/mol. The number of aryl methyl sites for hydroxylation is 1. The van der Waals surface area contributed by atoms with Crippen molar-refractivity contribution in [2.24, 2.45) is 0 Å². The minimum absolute atomic E-state index is 0.0964. The Morgan fingerprint density at radius 1 is 1.07 bits per heavy atom. The monoisotopic (exact) mass is 428 g/mol. The Morgan fingerprint density at radius 2 is 1.77 bits per heavy atom. The van der Waals surface area contributed by atoms with E-state index in [9.17, 15) is 13.2 Å². The number of methoxy groups -OCH3 is 1. The number of hydrogen-bond acceptors (Lipinski definition) is 5. The van der Waals surface area contributed by atoms with Gasteiger partial charge in [0, 0.05) is 12.6 Å². The summed E-state index contributed by atoms with van der Waals surface area (Å²) in [5, 5.41) is 7.32. The summed E-state index contributed by atoms with van der Waals surface area (Å²) in [5.41, 5.74) is 2.54. The first-order chi connectivity index (χ1) is 14.4. The smallest absolute Gasteiger partial charge is 0.240 e. The van der Waals surface area contributed by atoms with Crippen molar-refractivity contribution in [2.45, 2.75) is 24.3 Å². The summed E-state index contributed by atoms with van der Waals surface area (Å²) in [6, 6.07) is 15.9. The lowest BCUT2D eigenvalue weighted by molar-refractivity contribution is -0.121.